The monoisotopic (exact) mass is 311 g/mol. The van der Waals surface area contributed by atoms with E-state index in [4.69, 9.17) is 4.74 Å². The van der Waals surface area contributed by atoms with Crippen molar-refractivity contribution in [3.63, 3.8) is 0 Å². The molecule has 2 heterocycles. The second-order valence-electron chi connectivity index (χ2n) is 5.86. The summed E-state index contributed by atoms with van der Waals surface area (Å²) in [5, 5.41) is 3.36. The molecule has 0 saturated carbocycles. The lowest BCUT2D eigenvalue weighted by molar-refractivity contribution is 0.295. The van der Waals surface area contributed by atoms with Crippen LogP contribution in [0, 0.1) is 0 Å². The average Bonchev–Trinajstić information content (AvgIpc) is 2.63. The third-order valence-electron chi connectivity index (χ3n) is 4.10. The van der Waals surface area contributed by atoms with Gasteiger partial charge in [0.05, 0.1) is 6.61 Å². The molecule has 4 nitrogen and oxygen atoms in total. The second kappa shape index (κ2) is 8.53. The fraction of sp³-hybridized carbons (Fsp3) is 0.421. The van der Waals surface area contributed by atoms with Crippen LogP contribution in [0.1, 0.15) is 18.4 Å². The molecule has 1 aromatic carbocycles. The van der Waals surface area contributed by atoms with E-state index < -0.39 is 0 Å². The fourth-order valence-electron chi connectivity index (χ4n) is 2.81. The highest BCUT2D eigenvalue weighted by molar-refractivity contribution is 5.41. The van der Waals surface area contributed by atoms with Crippen molar-refractivity contribution in [3.05, 3.63) is 54.1 Å². The molecule has 0 atom stereocenters. The molecule has 0 radical (unpaired) electrons. The SMILES string of the molecule is c1ccc(CCCCOc2cccc(N3CCNCC3)n2)cc1. The highest BCUT2D eigenvalue weighted by atomic mass is 16.5. The molecule has 1 aromatic heterocycles. The maximum absolute atomic E-state index is 5.82. The Bertz CT molecular complexity index is 582. The summed E-state index contributed by atoms with van der Waals surface area (Å²) in [5.74, 6) is 1.76. The highest BCUT2D eigenvalue weighted by Crippen LogP contribution is 2.16. The lowest BCUT2D eigenvalue weighted by Crippen LogP contribution is -2.43. The number of ether oxygens (including phenoxy) is 1. The first-order valence-electron chi connectivity index (χ1n) is 8.51. The number of unbranched alkanes of at least 4 members (excludes halogenated alkanes) is 1. The predicted octanol–water partition coefficient (Wildman–Crippen LogP) is 2.89. The standard InChI is InChI=1S/C19H25N3O/c1-2-7-17(8-3-1)9-4-5-16-23-19-11-6-10-18(21-19)22-14-12-20-13-15-22/h1-3,6-8,10-11,20H,4-5,9,12-16H2. The fourth-order valence-corrected chi connectivity index (χ4v) is 2.81. The van der Waals surface area contributed by atoms with Crippen molar-refractivity contribution in [2.45, 2.75) is 19.3 Å². The zero-order chi connectivity index (χ0) is 15.7. The van der Waals surface area contributed by atoms with Crippen molar-refractivity contribution in [2.75, 3.05) is 37.7 Å². The Balaban J connectivity index is 1.41. The third kappa shape index (κ3) is 4.96. The summed E-state index contributed by atoms with van der Waals surface area (Å²) in [6.07, 6.45) is 3.30. The van der Waals surface area contributed by atoms with Gasteiger partial charge in [-0.2, -0.15) is 4.98 Å². The smallest absolute Gasteiger partial charge is 0.215 e. The van der Waals surface area contributed by atoms with Crippen molar-refractivity contribution >= 4 is 5.82 Å². The summed E-state index contributed by atoms with van der Waals surface area (Å²) in [6.45, 7) is 4.78. The normalized spacial score (nSPS) is 14.7. The molecule has 2 aromatic rings. The second-order valence-corrected chi connectivity index (χ2v) is 5.86. The number of rotatable bonds is 7. The van der Waals surface area contributed by atoms with E-state index in [0.29, 0.717) is 0 Å². The Morgan fingerprint density at radius 3 is 2.61 bits per heavy atom. The zero-order valence-corrected chi connectivity index (χ0v) is 13.6. The van der Waals surface area contributed by atoms with Gasteiger partial charge in [-0.25, -0.2) is 0 Å². The number of piperazine rings is 1. The number of nitrogens with one attached hydrogen (secondary N) is 1. The molecule has 0 unspecified atom stereocenters. The van der Waals surface area contributed by atoms with Crippen LogP contribution in [0.5, 0.6) is 5.88 Å². The number of aryl methyl sites for hydroxylation is 1. The first-order chi connectivity index (χ1) is 11.4. The first-order valence-corrected chi connectivity index (χ1v) is 8.51. The van der Waals surface area contributed by atoms with Gasteiger partial charge in [-0.05, 0) is 30.9 Å². The van der Waals surface area contributed by atoms with E-state index in [1.54, 1.807) is 0 Å². The number of hydrogen-bond acceptors (Lipinski definition) is 4. The number of benzene rings is 1. The van der Waals surface area contributed by atoms with Crippen LogP contribution in [0.4, 0.5) is 5.82 Å². The maximum atomic E-state index is 5.82. The summed E-state index contributed by atoms with van der Waals surface area (Å²) < 4.78 is 5.82. The minimum atomic E-state index is 0.727. The number of hydrogen-bond donors (Lipinski definition) is 1. The van der Waals surface area contributed by atoms with Gasteiger partial charge in [-0.1, -0.05) is 36.4 Å². The molecule has 1 aliphatic rings. The number of anilines is 1. The van der Waals surface area contributed by atoms with Crippen molar-refractivity contribution in [3.8, 4) is 5.88 Å². The lowest BCUT2D eigenvalue weighted by Gasteiger charge is -2.28. The van der Waals surface area contributed by atoms with Gasteiger partial charge in [0.2, 0.25) is 5.88 Å². The first kappa shape index (κ1) is 15.8. The van der Waals surface area contributed by atoms with E-state index in [0.717, 1.165) is 63.7 Å². The Hall–Kier alpha value is -2.07. The summed E-state index contributed by atoms with van der Waals surface area (Å²) in [4.78, 5) is 6.93. The van der Waals surface area contributed by atoms with E-state index >= 15 is 0 Å². The van der Waals surface area contributed by atoms with Crippen LogP contribution in [-0.2, 0) is 6.42 Å². The van der Waals surface area contributed by atoms with Gasteiger partial charge in [-0.15, -0.1) is 0 Å². The van der Waals surface area contributed by atoms with Gasteiger partial charge in [0.25, 0.3) is 0 Å². The van der Waals surface area contributed by atoms with Gasteiger partial charge in [0.15, 0.2) is 0 Å². The minimum absolute atomic E-state index is 0.727. The lowest BCUT2D eigenvalue weighted by atomic mass is 10.1. The van der Waals surface area contributed by atoms with Crippen molar-refractivity contribution < 1.29 is 4.74 Å². The van der Waals surface area contributed by atoms with Gasteiger partial charge in [-0.3, -0.25) is 0 Å². The van der Waals surface area contributed by atoms with E-state index in [1.165, 1.54) is 5.56 Å². The quantitative estimate of drug-likeness (QED) is 0.798. The molecule has 1 fully saturated rings. The molecule has 0 aliphatic carbocycles. The molecule has 1 saturated heterocycles. The average molecular weight is 311 g/mol. The number of pyridine rings is 1. The molecule has 1 aliphatic heterocycles. The Kier molecular flexibility index (Phi) is 5.87. The molecule has 3 rings (SSSR count). The van der Waals surface area contributed by atoms with E-state index in [9.17, 15) is 0 Å². The van der Waals surface area contributed by atoms with Gasteiger partial charge in [0, 0.05) is 32.2 Å². The highest BCUT2D eigenvalue weighted by Gasteiger charge is 2.11. The minimum Gasteiger partial charge on any atom is -0.478 e. The number of aromatic nitrogens is 1. The Morgan fingerprint density at radius 2 is 1.78 bits per heavy atom. The van der Waals surface area contributed by atoms with Crippen molar-refractivity contribution in [2.24, 2.45) is 0 Å². The van der Waals surface area contributed by atoms with E-state index in [1.807, 2.05) is 12.1 Å². The Labute approximate surface area is 138 Å². The van der Waals surface area contributed by atoms with E-state index in [-0.39, 0.29) is 0 Å². The van der Waals surface area contributed by atoms with Crippen LogP contribution in [0.2, 0.25) is 0 Å². The van der Waals surface area contributed by atoms with Crippen LogP contribution in [0.3, 0.4) is 0 Å². The van der Waals surface area contributed by atoms with Crippen LogP contribution >= 0.6 is 0 Å². The van der Waals surface area contributed by atoms with Crippen LogP contribution < -0.4 is 15.0 Å². The molecule has 0 amide bonds. The molecule has 0 spiro atoms. The summed E-state index contributed by atoms with van der Waals surface area (Å²) in [6, 6.07) is 16.7. The summed E-state index contributed by atoms with van der Waals surface area (Å²) in [7, 11) is 0. The zero-order valence-electron chi connectivity index (χ0n) is 13.6. The summed E-state index contributed by atoms with van der Waals surface area (Å²) >= 11 is 0. The molecule has 122 valence electrons. The molecule has 4 heteroatoms. The molecular weight excluding hydrogens is 286 g/mol. The van der Waals surface area contributed by atoms with Crippen LogP contribution in [0.15, 0.2) is 48.5 Å². The van der Waals surface area contributed by atoms with Gasteiger partial charge in [0.1, 0.15) is 5.82 Å². The molecule has 0 bridgehead atoms. The summed E-state index contributed by atoms with van der Waals surface area (Å²) in [5.41, 5.74) is 1.39. The molecular formula is C19H25N3O. The van der Waals surface area contributed by atoms with E-state index in [2.05, 4.69) is 51.6 Å². The third-order valence-corrected chi connectivity index (χ3v) is 4.10. The van der Waals surface area contributed by atoms with Gasteiger partial charge < -0.3 is 15.0 Å². The predicted molar refractivity (Wildman–Crippen MR) is 94.2 cm³/mol. The van der Waals surface area contributed by atoms with Crippen molar-refractivity contribution in [1.82, 2.24) is 10.3 Å². The number of nitrogens with zero attached hydrogens (tertiary/aromatic N) is 2. The maximum Gasteiger partial charge on any atom is 0.215 e. The van der Waals surface area contributed by atoms with Crippen LogP contribution in [-0.4, -0.2) is 37.8 Å². The molecule has 23 heavy (non-hydrogen) atoms. The Morgan fingerprint density at radius 1 is 0.957 bits per heavy atom. The van der Waals surface area contributed by atoms with Gasteiger partial charge >= 0.3 is 0 Å². The topological polar surface area (TPSA) is 37.4 Å². The van der Waals surface area contributed by atoms with Crippen molar-refractivity contribution in [1.29, 1.82) is 0 Å². The van der Waals surface area contributed by atoms with Crippen LogP contribution in [0.25, 0.3) is 0 Å². The molecule has 1 N–H and O–H groups in total. The largest absolute Gasteiger partial charge is 0.478 e.